The van der Waals surface area contributed by atoms with Crippen LogP contribution >= 0.6 is 0 Å². The van der Waals surface area contributed by atoms with Gasteiger partial charge in [0.15, 0.2) is 0 Å². The molecule has 0 atom stereocenters. The molecule has 1 aliphatic heterocycles. The Morgan fingerprint density at radius 2 is 1.53 bits per heavy atom. The first-order valence-electron chi connectivity index (χ1n) is 10.8. The van der Waals surface area contributed by atoms with Crippen molar-refractivity contribution in [3.63, 3.8) is 0 Å². The first-order valence-corrected chi connectivity index (χ1v) is 10.8. The molecule has 4 rings (SSSR count). The van der Waals surface area contributed by atoms with Crippen LogP contribution < -0.4 is 15.1 Å². The lowest BCUT2D eigenvalue weighted by atomic mass is 10.2. The van der Waals surface area contributed by atoms with Gasteiger partial charge in [-0.25, -0.2) is 14.2 Å². The second-order valence-corrected chi connectivity index (χ2v) is 7.80. The minimum Gasteiger partial charge on any atom is -0.475 e. The lowest BCUT2D eigenvalue weighted by Crippen LogP contribution is -2.46. The summed E-state index contributed by atoms with van der Waals surface area (Å²) in [6.07, 6.45) is 0.244. The van der Waals surface area contributed by atoms with Gasteiger partial charge in [-0.3, -0.25) is 9.78 Å². The zero-order valence-corrected chi connectivity index (χ0v) is 19.2. The fraction of sp³-hybridized carbons (Fsp3) is 0.250. The highest BCUT2D eigenvalue weighted by molar-refractivity contribution is 6.02. The van der Waals surface area contributed by atoms with E-state index in [0.29, 0.717) is 16.9 Å². The topological polar surface area (TPSA) is 98.7 Å². The second kappa shape index (κ2) is 11.5. The Morgan fingerprint density at radius 1 is 0.944 bits per heavy atom. The third-order valence-corrected chi connectivity index (χ3v) is 5.33. The SMILES string of the molecule is Cc1ccc(NC(=O)c2ccc(N3CCN(c4ccncc4)CC3)cn2)cc1F.O=C(O)C(F)(F)F. The minimum atomic E-state index is -5.08. The number of aliphatic carboxylic acids is 1. The average Bonchev–Trinajstić information content (AvgIpc) is 2.87. The van der Waals surface area contributed by atoms with Crippen molar-refractivity contribution in [2.45, 2.75) is 13.1 Å². The number of anilines is 3. The summed E-state index contributed by atoms with van der Waals surface area (Å²) in [5, 5.41) is 9.81. The lowest BCUT2D eigenvalue weighted by Gasteiger charge is -2.37. The summed E-state index contributed by atoms with van der Waals surface area (Å²) in [5.41, 5.74) is 3.41. The van der Waals surface area contributed by atoms with E-state index in [1.54, 1.807) is 43.7 Å². The Labute approximate surface area is 204 Å². The third-order valence-electron chi connectivity index (χ3n) is 5.33. The molecule has 0 saturated carbocycles. The molecule has 1 aliphatic rings. The summed E-state index contributed by atoms with van der Waals surface area (Å²) < 4.78 is 45.4. The number of halogens is 4. The summed E-state index contributed by atoms with van der Waals surface area (Å²) in [4.78, 5) is 34.2. The maximum Gasteiger partial charge on any atom is 0.490 e. The number of hydrogen-bond donors (Lipinski definition) is 2. The number of alkyl halides is 3. The smallest absolute Gasteiger partial charge is 0.475 e. The van der Waals surface area contributed by atoms with E-state index in [0.717, 1.165) is 31.9 Å². The van der Waals surface area contributed by atoms with E-state index in [2.05, 4.69) is 25.1 Å². The zero-order chi connectivity index (χ0) is 26.3. The van der Waals surface area contributed by atoms with Gasteiger partial charge >= 0.3 is 12.1 Å². The van der Waals surface area contributed by atoms with Crippen LogP contribution in [0.25, 0.3) is 0 Å². The molecule has 2 N–H and O–H groups in total. The fourth-order valence-electron chi connectivity index (χ4n) is 3.35. The number of pyridine rings is 2. The predicted molar refractivity (Wildman–Crippen MR) is 126 cm³/mol. The Morgan fingerprint density at radius 3 is 2.03 bits per heavy atom. The number of amides is 1. The molecule has 8 nitrogen and oxygen atoms in total. The van der Waals surface area contributed by atoms with Crippen LogP contribution in [0.5, 0.6) is 0 Å². The standard InChI is InChI=1S/C22H22FN5O.C2HF3O2/c1-16-2-3-17(14-20(16)23)26-22(29)21-5-4-19(15-25-21)28-12-10-27(11-13-28)18-6-8-24-9-7-18;3-2(4,5)1(6)7/h2-9,14-15H,10-13H2,1H3,(H,26,29);(H,6,7). The molecule has 1 fully saturated rings. The number of rotatable bonds is 4. The van der Waals surface area contributed by atoms with E-state index in [9.17, 15) is 22.4 Å². The number of aromatic nitrogens is 2. The van der Waals surface area contributed by atoms with Crippen molar-refractivity contribution >= 4 is 28.9 Å². The zero-order valence-electron chi connectivity index (χ0n) is 19.2. The summed E-state index contributed by atoms with van der Waals surface area (Å²) in [6.45, 7) is 5.24. The Hall–Kier alpha value is -4.22. The molecular formula is C24H23F4N5O3. The van der Waals surface area contributed by atoms with Crippen LogP contribution in [0.15, 0.2) is 61.1 Å². The van der Waals surface area contributed by atoms with E-state index in [1.165, 1.54) is 11.8 Å². The molecule has 1 saturated heterocycles. The number of piperazine rings is 1. The molecule has 0 bridgehead atoms. The van der Waals surface area contributed by atoms with Gasteiger partial charge in [-0.05, 0) is 48.9 Å². The molecule has 3 aromatic rings. The summed E-state index contributed by atoms with van der Waals surface area (Å²) >= 11 is 0. The molecule has 190 valence electrons. The first-order chi connectivity index (χ1) is 17.0. The number of nitrogens with zero attached hydrogens (tertiary/aromatic N) is 4. The van der Waals surface area contributed by atoms with Crippen molar-refractivity contribution in [2.75, 3.05) is 41.3 Å². The van der Waals surface area contributed by atoms with Gasteiger partial charge in [0.05, 0.1) is 11.9 Å². The number of carboxylic acid groups (broad SMARTS) is 1. The molecular weight excluding hydrogens is 482 g/mol. The van der Waals surface area contributed by atoms with Gasteiger partial charge in [0, 0.05) is 49.9 Å². The number of carbonyl (C=O) groups is 2. The molecule has 1 aromatic carbocycles. The number of aryl methyl sites for hydroxylation is 1. The van der Waals surface area contributed by atoms with Crippen LogP contribution in [-0.4, -0.2) is 59.3 Å². The van der Waals surface area contributed by atoms with Gasteiger partial charge in [0.2, 0.25) is 0 Å². The molecule has 0 unspecified atom stereocenters. The molecule has 36 heavy (non-hydrogen) atoms. The van der Waals surface area contributed by atoms with Crippen LogP contribution in [-0.2, 0) is 4.79 Å². The first kappa shape index (κ1) is 26.4. The molecule has 0 radical (unpaired) electrons. The summed E-state index contributed by atoms with van der Waals surface area (Å²) in [5.74, 6) is -3.47. The highest BCUT2D eigenvalue weighted by Gasteiger charge is 2.38. The van der Waals surface area contributed by atoms with Crippen molar-refractivity contribution < 1.29 is 32.3 Å². The highest BCUT2D eigenvalue weighted by Crippen LogP contribution is 2.20. The van der Waals surface area contributed by atoms with E-state index in [-0.39, 0.29) is 11.7 Å². The molecule has 12 heteroatoms. The van der Waals surface area contributed by atoms with Crippen molar-refractivity contribution in [2.24, 2.45) is 0 Å². The van der Waals surface area contributed by atoms with Crippen LogP contribution in [0.1, 0.15) is 16.1 Å². The predicted octanol–water partition coefficient (Wildman–Crippen LogP) is 4.14. The van der Waals surface area contributed by atoms with Gasteiger partial charge in [-0.2, -0.15) is 13.2 Å². The fourth-order valence-corrected chi connectivity index (χ4v) is 3.35. The molecule has 1 amide bonds. The molecule has 0 aliphatic carbocycles. The quantitative estimate of drug-likeness (QED) is 0.515. The number of carboxylic acids is 1. The van der Waals surface area contributed by atoms with Crippen molar-refractivity contribution in [1.29, 1.82) is 0 Å². The molecule has 2 aromatic heterocycles. The molecule has 3 heterocycles. The van der Waals surface area contributed by atoms with Crippen molar-refractivity contribution in [3.8, 4) is 0 Å². The average molecular weight is 505 g/mol. The Balaban J connectivity index is 0.000000454. The number of carbonyl (C=O) groups excluding carboxylic acids is 1. The van der Waals surface area contributed by atoms with E-state index >= 15 is 0 Å². The van der Waals surface area contributed by atoms with E-state index < -0.39 is 12.1 Å². The normalized spacial score (nSPS) is 13.5. The van der Waals surface area contributed by atoms with Crippen LogP contribution in [0.3, 0.4) is 0 Å². The van der Waals surface area contributed by atoms with Gasteiger partial charge in [-0.1, -0.05) is 6.07 Å². The Bertz CT molecular complexity index is 1180. The van der Waals surface area contributed by atoms with Crippen LogP contribution in [0, 0.1) is 12.7 Å². The minimum absolute atomic E-state index is 0.296. The van der Waals surface area contributed by atoms with E-state index in [1.807, 2.05) is 18.2 Å². The number of nitrogens with one attached hydrogen (secondary N) is 1. The maximum absolute atomic E-state index is 13.6. The third kappa shape index (κ3) is 7.14. The second-order valence-electron chi connectivity index (χ2n) is 7.80. The lowest BCUT2D eigenvalue weighted by molar-refractivity contribution is -0.192. The maximum atomic E-state index is 13.6. The van der Waals surface area contributed by atoms with Crippen LogP contribution in [0.2, 0.25) is 0 Å². The summed E-state index contributed by atoms with van der Waals surface area (Å²) in [6, 6.07) is 12.3. The van der Waals surface area contributed by atoms with Crippen molar-refractivity contribution in [1.82, 2.24) is 9.97 Å². The van der Waals surface area contributed by atoms with Crippen LogP contribution in [0.4, 0.5) is 34.6 Å². The monoisotopic (exact) mass is 505 g/mol. The Kier molecular flexibility index (Phi) is 8.41. The summed E-state index contributed by atoms with van der Waals surface area (Å²) in [7, 11) is 0. The van der Waals surface area contributed by atoms with Gasteiger partial charge in [-0.15, -0.1) is 0 Å². The van der Waals surface area contributed by atoms with Gasteiger partial charge in [0.25, 0.3) is 5.91 Å². The van der Waals surface area contributed by atoms with Crippen molar-refractivity contribution in [3.05, 3.63) is 78.1 Å². The van der Waals surface area contributed by atoms with Gasteiger partial charge < -0.3 is 20.2 Å². The van der Waals surface area contributed by atoms with Gasteiger partial charge in [0.1, 0.15) is 11.5 Å². The number of hydrogen-bond acceptors (Lipinski definition) is 6. The highest BCUT2D eigenvalue weighted by atomic mass is 19.4. The number of benzene rings is 1. The largest absolute Gasteiger partial charge is 0.490 e. The van der Waals surface area contributed by atoms with E-state index in [4.69, 9.17) is 9.90 Å². The molecule has 0 spiro atoms.